The molecule has 1 aliphatic heterocycles. The first-order valence-corrected chi connectivity index (χ1v) is 8.70. The van der Waals surface area contributed by atoms with Gasteiger partial charge >= 0.3 is 0 Å². The van der Waals surface area contributed by atoms with Crippen molar-refractivity contribution in [3.8, 4) is 11.5 Å². The van der Waals surface area contributed by atoms with Crippen molar-refractivity contribution in [2.24, 2.45) is 5.73 Å². The standard InChI is InChI=1S/C18H25N3O4/c1-12(21(2)11-16(19)22)17(23)20-13-6-7-14-15(10-13)25-18(24-14)8-4-3-5-9-18/h6-7,10,12H,3-5,8-9,11H2,1-2H3,(H2,19,22)(H,20,23)/t12-/m1/s1. The maximum atomic E-state index is 12.4. The molecule has 0 radical (unpaired) electrons. The van der Waals surface area contributed by atoms with E-state index in [1.165, 1.54) is 6.42 Å². The number of carbonyl (C=O) groups excluding carboxylic acids is 2. The number of anilines is 1. The van der Waals surface area contributed by atoms with E-state index in [4.69, 9.17) is 15.2 Å². The summed E-state index contributed by atoms with van der Waals surface area (Å²) >= 11 is 0. The molecule has 1 heterocycles. The van der Waals surface area contributed by atoms with E-state index in [0.29, 0.717) is 11.4 Å². The van der Waals surface area contributed by atoms with Gasteiger partial charge in [0.2, 0.25) is 11.8 Å². The third kappa shape index (κ3) is 3.87. The molecule has 25 heavy (non-hydrogen) atoms. The van der Waals surface area contributed by atoms with E-state index >= 15 is 0 Å². The Bertz CT molecular complexity index is 670. The van der Waals surface area contributed by atoms with Gasteiger partial charge in [-0.15, -0.1) is 0 Å². The fourth-order valence-corrected chi connectivity index (χ4v) is 3.30. The van der Waals surface area contributed by atoms with Crippen LogP contribution in [0.15, 0.2) is 18.2 Å². The first kappa shape index (κ1) is 17.5. The molecule has 3 N–H and O–H groups in total. The largest absolute Gasteiger partial charge is 0.448 e. The van der Waals surface area contributed by atoms with Crippen LogP contribution in [-0.2, 0) is 9.59 Å². The minimum Gasteiger partial charge on any atom is -0.448 e. The number of likely N-dealkylation sites (N-methyl/N-ethyl adjacent to an activating group) is 1. The van der Waals surface area contributed by atoms with Crippen LogP contribution in [0.2, 0.25) is 0 Å². The number of nitrogens with one attached hydrogen (secondary N) is 1. The van der Waals surface area contributed by atoms with Crippen LogP contribution in [0.4, 0.5) is 5.69 Å². The van der Waals surface area contributed by atoms with Gasteiger partial charge in [-0.3, -0.25) is 14.5 Å². The van der Waals surface area contributed by atoms with Crippen molar-refractivity contribution in [3.63, 3.8) is 0 Å². The van der Waals surface area contributed by atoms with Crippen LogP contribution in [0, 0.1) is 0 Å². The number of fused-ring (bicyclic) bond motifs is 1. The minimum atomic E-state index is -0.530. The van der Waals surface area contributed by atoms with Crippen LogP contribution in [0.3, 0.4) is 0 Å². The van der Waals surface area contributed by atoms with Gasteiger partial charge in [0.1, 0.15) is 0 Å². The minimum absolute atomic E-state index is 0.0260. The molecule has 1 aromatic carbocycles. The summed E-state index contributed by atoms with van der Waals surface area (Å²) in [6, 6.07) is 4.93. The summed E-state index contributed by atoms with van der Waals surface area (Å²) in [7, 11) is 1.68. The highest BCUT2D eigenvalue weighted by Crippen LogP contribution is 2.46. The molecule has 1 aliphatic carbocycles. The molecule has 1 aromatic rings. The topological polar surface area (TPSA) is 93.9 Å². The molecule has 2 amide bonds. The van der Waals surface area contributed by atoms with Gasteiger partial charge in [0.05, 0.1) is 12.6 Å². The SMILES string of the molecule is C[C@H](C(=O)Nc1ccc2c(c1)OC1(CCCCC1)O2)N(C)CC(N)=O. The third-order valence-corrected chi connectivity index (χ3v) is 4.86. The highest BCUT2D eigenvalue weighted by atomic mass is 16.7. The average molecular weight is 347 g/mol. The van der Waals surface area contributed by atoms with E-state index in [1.807, 2.05) is 6.07 Å². The number of amides is 2. The summed E-state index contributed by atoms with van der Waals surface area (Å²) in [6.07, 6.45) is 5.18. The third-order valence-electron chi connectivity index (χ3n) is 4.86. The van der Waals surface area contributed by atoms with Gasteiger partial charge in [-0.2, -0.15) is 0 Å². The molecule has 1 spiro atoms. The number of nitrogens with two attached hydrogens (primary N) is 1. The maximum Gasteiger partial charge on any atom is 0.251 e. The molecule has 1 atom stereocenters. The van der Waals surface area contributed by atoms with Gasteiger partial charge in [0, 0.05) is 24.6 Å². The molecular weight excluding hydrogens is 322 g/mol. The molecule has 0 bridgehead atoms. The van der Waals surface area contributed by atoms with Gasteiger partial charge in [0.15, 0.2) is 11.5 Å². The molecule has 1 saturated carbocycles. The van der Waals surface area contributed by atoms with Crippen LogP contribution < -0.4 is 20.5 Å². The first-order chi connectivity index (χ1) is 11.9. The fourth-order valence-electron chi connectivity index (χ4n) is 3.30. The lowest BCUT2D eigenvalue weighted by molar-refractivity contribution is -0.123. The van der Waals surface area contributed by atoms with Crippen molar-refractivity contribution < 1.29 is 19.1 Å². The average Bonchev–Trinajstić information content (AvgIpc) is 2.90. The van der Waals surface area contributed by atoms with E-state index in [1.54, 1.807) is 31.0 Å². The molecule has 7 heteroatoms. The molecule has 1 fully saturated rings. The number of benzene rings is 1. The summed E-state index contributed by atoms with van der Waals surface area (Å²) in [4.78, 5) is 24.9. The second-order valence-corrected chi connectivity index (χ2v) is 6.88. The zero-order valence-corrected chi connectivity index (χ0v) is 14.7. The summed E-state index contributed by atoms with van der Waals surface area (Å²) < 4.78 is 12.1. The van der Waals surface area contributed by atoms with Gasteiger partial charge < -0.3 is 20.5 Å². The van der Waals surface area contributed by atoms with Crippen LogP contribution in [0.25, 0.3) is 0 Å². The van der Waals surface area contributed by atoms with Gasteiger partial charge in [0.25, 0.3) is 5.79 Å². The van der Waals surface area contributed by atoms with Gasteiger partial charge in [-0.1, -0.05) is 6.42 Å². The summed E-state index contributed by atoms with van der Waals surface area (Å²) in [5.41, 5.74) is 5.81. The summed E-state index contributed by atoms with van der Waals surface area (Å²) in [5, 5.41) is 2.85. The predicted octanol–water partition coefficient (Wildman–Crippen LogP) is 1.86. The number of primary amides is 1. The van der Waals surface area contributed by atoms with E-state index in [-0.39, 0.29) is 12.5 Å². The van der Waals surface area contributed by atoms with Crippen molar-refractivity contribution >= 4 is 17.5 Å². The van der Waals surface area contributed by atoms with E-state index in [0.717, 1.165) is 31.4 Å². The first-order valence-electron chi connectivity index (χ1n) is 8.70. The van der Waals surface area contributed by atoms with Crippen LogP contribution in [0.1, 0.15) is 39.0 Å². The molecule has 7 nitrogen and oxygen atoms in total. The number of rotatable bonds is 5. The van der Waals surface area contributed by atoms with Crippen molar-refractivity contribution in [2.75, 3.05) is 18.9 Å². The Morgan fingerprint density at radius 1 is 1.24 bits per heavy atom. The molecule has 3 rings (SSSR count). The number of hydrogen-bond acceptors (Lipinski definition) is 5. The van der Waals surface area contributed by atoms with Crippen LogP contribution in [-0.4, -0.2) is 42.1 Å². The van der Waals surface area contributed by atoms with Crippen LogP contribution >= 0.6 is 0 Å². The second kappa shape index (κ2) is 6.92. The lowest BCUT2D eigenvalue weighted by Crippen LogP contribution is -2.43. The second-order valence-electron chi connectivity index (χ2n) is 6.88. The number of carbonyl (C=O) groups is 2. The Morgan fingerprint density at radius 2 is 1.92 bits per heavy atom. The predicted molar refractivity (Wildman–Crippen MR) is 93.4 cm³/mol. The lowest BCUT2D eigenvalue weighted by Gasteiger charge is -2.31. The highest BCUT2D eigenvalue weighted by molar-refractivity contribution is 5.95. The van der Waals surface area contributed by atoms with Crippen LogP contribution in [0.5, 0.6) is 11.5 Å². The van der Waals surface area contributed by atoms with Crippen molar-refractivity contribution in [2.45, 2.75) is 50.9 Å². The van der Waals surface area contributed by atoms with Gasteiger partial charge in [-0.25, -0.2) is 0 Å². The molecule has 0 unspecified atom stereocenters. The summed E-state index contributed by atoms with van der Waals surface area (Å²) in [6.45, 7) is 1.75. The Labute approximate surface area is 147 Å². The Hall–Kier alpha value is -2.28. The smallest absolute Gasteiger partial charge is 0.251 e. The number of hydrogen-bond donors (Lipinski definition) is 2. The molecule has 0 aromatic heterocycles. The fraction of sp³-hybridized carbons (Fsp3) is 0.556. The quantitative estimate of drug-likeness (QED) is 0.848. The van der Waals surface area contributed by atoms with Crippen molar-refractivity contribution in [1.82, 2.24) is 4.90 Å². The van der Waals surface area contributed by atoms with Crippen molar-refractivity contribution in [1.29, 1.82) is 0 Å². The number of ether oxygens (including phenoxy) is 2. The highest BCUT2D eigenvalue weighted by Gasteiger charge is 2.42. The number of nitrogens with zero attached hydrogens (tertiary/aromatic N) is 1. The van der Waals surface area contributed by atoms with E-state index < -0.39 is 17.7 Å². The Balaban J connectivity index is 1.65. The monoisotopic (exact) mass is 347 g/mol. The molecule has 2 aliphatic rings. The normalized spacial score (nSPS) is 19.0. The zero-order chi connectivity index (χ0) is 18.0. The zero-order valence-electron chi connectivity index (χ0n) is 14.7. The maximum absolute atomic E-state index is 12.4. The Kier molecular flexibility index (Phi) is 4.85. The molecule has 136 valence electrons. The molecule has 0 saturated heterocycles. The lowest BCUT2D eigenvalue weighted by atomic mass is 9.94. The molecular formula is C18H25N3O4. The van der Waals surface area contributed by atoms with E-state index in [9.17, 15) is 9.59 Å². The van der Waals surface area contributed by atoms with E-state index in [2.05, 4.69) is 5.32 Å². The Morgan fingerprint density at radius 3 is 2.60 bits per heavy atom. The van der Waals surface area contributed by atoms with Crippen molar-refractivity contribution in [3.05, 3.63) is 18.2 Å². The van der Waals surface area contributed by atoms with Gasteiger partial charge in [-0.05, 0) is 38.9 Å². The summed E-state index contributed by atoms with van der Waals surface area (Å²) in [5.74, 6) is 0.174.